The first-order chi connectivity index (χ1) is 8.25. The second-order valence-corrected chi connectivity index (χ2v) is 5.61. The van der Waals surface area contributed by atoms with Gasteiger partial charge in [-0.25, -0.2) is 4.98 Å². The van der Waals surface area contributed by atoms with Gasteiger partial charge in [-0.2, -0.15) is 11.3 Å². The van der Waals surface area contributed by atoms with Gasteiger partial charge in [0.2, 0.25) is 0 Å². The highest BCUT2D eigenvalue weighted by Crippen LogP contribution is 2.25. The van der Waals surface area contributed by atoms with Crippen LogP contribution in [0.2, 0.25) is 0 Å². The van der Waals surface area contributed by atoms with Crippen molar-refractivity contribution in [2.75, 3.05) is 6.54 Å². The molecule has 0 saturated carbocycles. The third-order valence-corrected chi connectivity index (χ3v) is 3.99. The van der Waals surface area contributed by atoms with Crippen molar-refractivity contribution in [3.8, 4) is 10.6 Å². The molecule has 0 aromatic carbocycles. The van der Waals surface area contributed by atoms with Gasteiger partial charge in [-0.05, 0) is 31.3 Å². The first-order valence-corrected chi connectivity index (χ1v) is 7.43. The molecule has 0 aliphatic carbocycles. The van der Waals surface area contributed by atoms with E-state index < -0.39 is 0 Å². The van der Waals surface area contributed by atoms with Crippen molar-refractivity contribution in [1.82, 2.24) is 10.3 Å². The molecule has 3 nitrogen and oxygen atoms in total. The summed E-state index contributed by atoms with van der Waals surface area (Å²) in [6.45, 7) is 3.40. The molecule has 0 fully saturated rings. The number of thiazole rings is 1. The van der Waals surface area contributed by atoms with E-state index in [4.69, 9.17) is 5.11 Å². The van der Waals surface area contributed by atoms with E-state index in [0.29, 0.717) is 0 Å². The quantitative estimate of drug-likeness (QED) is 0.792. The Hall–Kier alpha value is -0.750. The van der Waals surface area contributed by atoms with Crippen molar-refractivity contribution in [3.05, 3.63) is 27.9 Å². The maximum absolute atomic E-state index is 9.13. The molecule has 0 saturated heterocycles. The van der Waals surface area contributed by atoms with Crippen molar-refractivity contribution in [2.45, 2.75) is 26.0 Å². The van der Waals surface area contributed by atoms with Crippen LogP contribution in [0.25, 0.3) is 10.6 Å². The molecular weight excluding hydrogens is 252 g/mol. The SMILES string of the molecule is CC(O)CCNCc1csc(-c2ccsc2)n1. The Kier molecular flexibility index (Phi) is 4.67. The van der Waals surface area contributed by atoms with E-state index in [9.17, 15) is 0 Å². The molecule has 1 unspecified atom stereocenters. The number of rotatable bonds is 6. The molecule has 0 aliphatic heterocycles. The Bertz CT molecular complexity index is 437. The van der Waals surface area contributed by atoms with Crippen LogP contribution in [0.1, 0.15) is 19.0 Å². The lowest BCUT2D eigenvalue weighted by atomic mass is 10.3. The summed E-state index contributed by atoms with van der Waals surface area (Å²) >= 11 is 3.37. The summed E-state index contributed by atoms with van der Waals surface area (Å²) in [5.74, 6) is 0. The van der Waals surface area contributed by atoms with Crippen LogP contribution in [0.3, 0.4) is 0 Å². The van der Waals surface area contributed by atoms with Gasteiger partial charge in [0.05, 0.1) is 11.8 Å². The van der Waals surface area contributed by atoms with Gasteiger partial charge in [-0.1, -0.05) is 0 Å². The van der Waals surface area contributed by atoms with Crippen LogP contribution in [0.5, 0.6) is 0 Å². The molecule has 5 heteroatoms. The smallest absolute Gasteiger partial charge is 0.124 e. The predicted octanol–water partition coefficient (Wildman–Crippen LogP) is 2.73. The molecule has 0 radical (unpaired) electrons. The summed E-state index contributed by atoms with van der Waals surface area (Å²) in [7, 11) is 0. The fourth-order valence-corrected chi connectivity index (χ4v) is 2.97. The number of nitrogens with one attached hydrogen (secondary N) is 1. The molecule has 17 heavy (non-hydrogen) atoms. The second kappa shape index (κ2) is 6.26. The topological polar surface area (TPSA) is 45.1 Å². The van der Waals surface area contributed by atoms with Crippen LogP contribution in [0.15, 0.2) is 22.2 Å². The van der Waals surface area contributed by atoms with Gasteiger partial charge in [-0.15, -0.1) is 11.3 Å². The van der Waals surface area contributed by atoms with Crippen molar-refractivity contribution >= 4 is 22.7 Å². The zero-order valence-electron chi connectivity index (χ0n) is 9.72. The Morgan fingerprint density at radius 1 is 1.47 bits per heavy atom. The summed E-state index contributed by atoms with van der Waals surface area (Å²) in [6, 6.07) is 2.09. The van der Waals surface area contributed by atoms with E-state index in [2.05, 4.69) is 32.5 Å². The van der Waals surface area contributed by atoms with E-state index in [1.54, 1.807) is 29.6 Å². The monoisotopic (exact) mass is 268 g/mol. The highest BCUT2D eigenvalue weighted by atomic mass is 32.1. The normalized spacial score (nSPS) is 12.8. The number of aliphatic hydroxyl groups excluding tert-OH is 1. The van der Waals surface area contributed by atoms with E-state index in [1.807, 2.05) is 0 Å². The molecule has 0 spiro atoms. The number of hydrogen-bond donors (Lipinski definition) is 2. The molecule has 2 heterocycles. The van der Waals surface area contributed by atoms with Gasteiger partial charge in [0.25, 0.3) is 0 Å². The summed E-state index contributed by atoms with van der Waals surface area (Å²) in [5, 5.41) is 19.8. The number of hydrogen-bond acceptors (Lipinski definition) is 5. The minimum absolute atomic E-state index is 0.237. The van der Waals surface area contributed by atoms with E-state index in [1.165, 1.54) is 5.56 Å². The number of thiophene rings is 1. The van der Waals surface area contributed by atoms with Gasteiger partial charge in [-0.3, -0.25) is 0 Å². The van der Waals surface area contributed by atoms with Crippen LogP contribution in [0, 0.1) is 0 Å². The highest BCUT2D eigenvalue weighted by molar-refractivity contribution is 7.14. The molecule has 2 aromatic heterocycles. The highest BCUT2D eigenvalue weighted by Gasteiger charge is 2.04. The Morgan fingerprint density at radius 2 is 2.35 bits per heavy atom. The van der Waals surface area contributed by atoms with E-state index in [0.717, 1.165) is 30.2 Å². The van der Waals surface area contributed by atoms with Gasteiger partial charge in [0, 0.05) is 22.9 Å². The maximum atomic E-state index is 9.13. The predicted molar refractivity (Wildman–Crippen MR) is 73.4 cm³/mol. The van der Waals surface area contributed by atoms with Crippen LogP contribution in [-0.4, -0.2) is 22.7 Å². The molecular formula is C12H16N2OS2. The van der Waals surface area contributed by atoms with E-state index >= 15 is 0 Å². The Balaban J connectivity index is 1.83. The Labute approximate surface area is 109 Å². The average Bonchev–Trinajstić information content (AvgIpc) is 2.94. The molecule has 2 rings (SSSR count). The first-order valence-electron chi connectivity index (χ1n) is 5.61. The standard InChI is InChI=1S/C12H16N2OS2/c1-9(15)2-4-13-6-11-8-17-12(14-11)10-3-5-16-7-10/h3,5,7-9,13,15H,2,4,6H2,1H3. The molecule has 1 atom stereocenters. The van der Waals surface area contributed by atoms with Crippen molar-refractivity contribution in [3.63, 3.8) is 0 Å². The lowest BCUT2D eigenvalue weighted by Crippen LogP contribution is -2.18. The number of aliphatic hydroxyl groups is 1. The fraction of sp³-hybridized carbons (Fsp3) is 0.417. The van der Waals surface area contributed by atoms with Gasteiger partial charge >= 0.3 is 0 Å². The van der Waals surface area contributed by atoms with Crippen LogP contribution < -0.4 is 5.32 Å². The molecule has 0 aliphatic rings. The lowest BCUT2D eigenvalue weighted by Gasteiger charge is -2.04. The molecule has 0 bridgehead atoms. The third kappa shape index (κ3) is 3.89. The first kappa shape index (κ1) is 12.7. The minimum atomic E-state index is -0.237. The molecule has 2 aromatic rings. The summed E-state index contributed by atoms with van der Waals surface area (Å²) in [5.41, 5.74) is 2.28. The van der Waals surface area contributed by atoms with Crippen LogP contribution in [-0.2, 0) is 6.54 Å². The molecule has 0 amide bonds. The number of aromatic nitrogens is 1. The molecule has 2 N–H and O–H groups in total. The summed E-state index contributed by atoms with van der Waals surface area (Å²) in [6.07, 6.45) is 0.543. The van der Waals surface area contributed by atoms with Gasteiger partial charge in [0.1, 0.15) is 5.01 Å². The zero-order chi connectivity index (χ0) is 12.1. The van der Waals surface area contributed by atoms with Crippen LogP contribution in [0.4, 0.5) is 0 Å². The average molecular weight is 268 g/mol. The number of nitrogens with zero attached hydrogens (tertiary/aromatic N) is 1. The van der Waals surface area contributed by atoms with Crippen molar-refractivity contribution < 1.29 is 5.11 Å². The minimum Gasteiger partial charge on any atom is -0.393 e. The second-order valence-electron chi connectivity index (χ2n) is 3.97. The van der Waals surface area contributed by atoms with Gasteiger partial charge < -0.3 is 10.4 Å². The van der Waals surface area contributed by atoms with Crippen LogP contribution >= 0.6 is 22.7 Å². The largest absolute Gasteiger partial charge is 0.393 e. The van der Waals surface area contributed by atoms with Gasteiger partial charge in [0.15, 0.2) is 0 Å². The summed E-state index contributed by atoms with van der Waals surface area (Å²) < 4.78 is 0. The third-order valence-electron chi connectivity index (χ3n) is 2.36. The lowest BCUT2D eigenvalue weighted by molar-refractivity contribution is 0.183. The Morgan fingerprint density at radius 3 is 3.06 bits per heavy atom. The van der Waals surface area contributed by atoms with Crippen molar-refractivity contribution in [1.29, 1.82) is 0 Å². The maximum Gasteiger partial charge on any atom is 0.124 e. The molecule has 92 valence electrons. The summed E-state index contributed by atoms with van der Waals surface area (Å²) in [4.78, 5) is 4.57. The van der Waals surface area contributed by atoms with Crippen molar-refractivity contribution in [2.24, 2.45) is 0 Å². The zero-order valence-corrected chi connectivity index (χ0v) is 11.4. The van der Waals surface area contributed by atoms with E-state index in [-0.39, 0.29) is 6.10 Å². The fourth-order valence-electron chi connectivity index (χ4n) is 1.43.